The molecule has 0 fully saturated rings. The third-order valence-corrected chi connectivity index (χ3v) is 54.8. The Morgan fingerprint density at radius 2 is 0.667 bits per heavy atom. The Kier molecular flexibility index (Phi) is 15.0. The van der Waals surface area contributed by atoms with Crippen molar-refractivity contribution in [3.8, 4) is 0 Å². The minimum atomic E-state index is -1.74. The van der Waals surface area contributed by atoms with E-state index in [0.29, 0.717) is 11.8 Å². The summed E-state index contributed by atoms with van der Waals surface area (Å²) < 4.78 is 3.05. The second kappa shape index (κ2) is 18.5. The first-order valence-corrected chi connectivity index (χ1v) is 39.8. The first-order chi connectivity index (χ1) is 25.0. The van der Waals surface area contributed by atoms with Crippen LogP contribution in [0.1, 0.15) is 101 Å². The Morgan fingerprint density at radius 3 is 0.963 bits per heavy atom. The molecule has 280 valence electrons. The van der Waals surface area contributed by atoms with E-state index < -0.39 is 53.7 Å². The molecule has 54 heavy (non-hydrogen) atoms. The maximum absolute atomic E-state index is 2.71. The molecule has 0 bridgehead atoms. The molecule has 0 aliphatic heterocycles. The molecule has 0 N–H and O–H groups in total. The summed E-state index contributed by atoms with van der Waals surface area (Å²) in [5.74, 6) is -0.139. The van der Waals surface area contributed by atoms with Crippen LogP contribution in [0, 0.1) is 11.8 Å². The molecule has 0 nitrogen and oxygen atoms in total. The predicted molar refractivity (Wildman–Crippen MR) is 227 cm³/mol. The predicted octanol–water partition coefficient (Wildman–Crippen LogP) is 7.09. The fourth-order valence-electron chi connectivity index (χ4n) is 9.83. The molecule has 0 heterocycles. The summed E-state index contributed by atoms with van der Waals surface area (Å²) in [6.07, 6.45) is 10.7. The number of allylic oxidation sites excluding steroid dienone is 8. The SMILES string of the molecule is CC1=C[CH]([Zr+]([CH]2C=C(C(C)C)c3ccccc32)[SiH](C)C)c2ccccc21.CC1=C[CH]([Zr+]([CH]2C=C(C(C)C)c3ccccc32)[SiH](C)C)c2ccccc21.[Cl-].[Cl-]. The van der Waals surface area contributed by atoms with Gasteiger partial charge < -0.3 is 24.8 Å². The van der Waals surface area contributed by atoms with E-state index in [4.69, 9.17) is 0 Å². The van der Waals surface area contributed by atoms with Crippen LogP contribution in [0.25, 0.3) is 22.3 Å². The van der Waals surface area contributed by atoms with Gasteiger partial charge in [0.15, 0.2) is 0 Å². The Bertz CT molecular complexity index is 1940. The van der Waals surface area contributed by atoms with E-state index in [1.165, 1.54) is 22.3 Å². The molecule has 8 rings (SSSR count). The van der Waals surface area contributed by atoms with Gasteiger partial charge in [-0.2, -0.15) is 0 Å². The van der Waals surface area contributed by atoms with E-state index in [9.17, 15) is 0 Å². The van der Waals surface area contributed by atoms with Crippen LogP contribution in [0.2, 0.25) is 26.2 Å². The Labute approximate surface area is 357 Å². The quantitative estimate of drug-likeness (QED) is 0.166. The summed E-state index contributed by atoms with van der Waals surface area (Å²) in [5, 5.41) is 0. The van der Waals surface area contributed by atoms with Crippen molar-refractivity contribution in [1.29, 1.82) is 0 Å². The van der Waals surface area contributed by atoms with Crippen molar-refractivity contribution in [2.75, 3.05) is 0 Å². The number of hydrogen-bond donors (Lipinski definition) is 0. The van der Waals surface area contributed by atoms with Crippen molar-refractivity contribution in [2.45, 2.75) is 82.2 Å². The van der Waals surface area contributed by atoms with E-state index >= 15 is 0 Å². The van der Waals surface area contributed by atoms with Crippen molar-refractivity contribution >= 4 is 34.1 Å². The fraction of sp³-hybridized carbons (Fsp3) is 0.333. The molecule has 4 unspecified atom stereocenters. The van der Waals surface area contributed by atoms with E-state index in [1.807, 2.05) is 0 Å². The first kappa shape index (κ1) is 43.7. The van der Waals surface area contributed by atoms with Gasteiger partial charge in [-0.3, -0.25) is 0 Å². The summed E-state index contributed by atoms with van der Waals surface area (Å²) in [6, 6.07) is 37.0. The average molecular weight is 945 g/mol. The van der Waals surface area contributed by atoms with Gasteiger partial charge in [0.1, 0.15) is 0 Å². The Morgan fingerprint density at radius 1 is 0.407 bits per heavy atom. The number of halogens is 2. The number of rotatable bonds is 8. The molecule has 0 amide bonds. The van der Waals surface area contributed by atoms with Crippen LogP contribution in [0.4, 0.5) is 0 Å². The molecule has 4 atom stereocenters. The molecule has 4 aliphatic carbocycles. The summed E-state index contributed by atoms with van der Waals surface area (Å²) >= 11 is -3.49. The Balaban J connectivity index is 0.000000200. The molecule has 0 saturated heterocycles. The number of benzene rings is 4. The van der Waals surface area contributed by atoms with Crippen molar-refractivity contribution in [1.82, 2.24) is 0 Å². The van der Waals surface area contributed by atoms with Gasteiger partial charge in [0.25, 0.3) is 0 Å². The van der Waals surface area contributed by atoms with Crippen LogP contribution in [0.5, 0.6) is 0 Å². The third-order valence-electron chi connectivity index (χ3n) is 12.2. The first-order valence-electron chi connectivity index (χ1n) is 19.9. The van der Waals surface area contributed by atoms with Gasteiger partial charge in [-0.1, -0.05) is 0 Å². The minimum absolute atomic E-state index is 0. The second-order valence-corrected chi connectivity index (χ2v) is 57.4. The summed E-state index contributed by atoms with van der Waals surface area (Å²) in [7, 11) is 0. The van der Waals surface area contributed by atoms with Gasteiger partial charge in [-0.05, 0) is 0 Å². The van der Waals surface area contributed by atoms with Gasteiger partial charge >= 0.3 is 336 Å². The molecule has 4 aromatic rings. The fourth-order valence-corrected chi connectivity index (χ4v) is 52.3. The molecule has 0 spiro atoms. The number of hydrogen-bond acceptors (Lipinski definition) is 0. The summed E-state index contributed by atoms with van der Waals surface area (Å²) in [6.45, 7) is 24.6. The van der Waals surface area contributed by atoms with Crippen molar-refractivity contribution in [3.05, 3.63) is 166 Å². The standard InChI is InChI=1S/2C12H13.2C10H9.2C2H7Si.2ClH.2Zr/c2*1-9(2)11-8-7-10-5-3-4-6-12(10)11;2*1-8-6-7-9-4-2-3-5-10(8)9;2*1-3-2;;;;/h2*3-9H,1-2H3;2*2-7H,1H3;2*3H,1-2H3;2*1H;;/q;;;;;;;;2*+1/p-2. The van der Waals surface area contributed by atoms with E-state index in [2.05, 4.69) is 189 Å². The third kappa shape index (κ3) is 8.29. The Hall–Kier alpha value is -1.38. The molecule has 6 heteroatoms. The van der Waals surface area contributed by atoms with Gasteiger partial charge in [0.05, 0.1) is 0 Å². The monoisotopic (exact) mass is 940 g/mol. The average Bonchev–Trinajstić information content (AvgIpc) is 3.88. The normalized spacial score (nSPS) is 20.1. The van der Waals surface area contributed by atoms with Crippen LogP contribution >= 0.6 is 0 Å². The smallest absolute Gasteiger partial charge is 1.00 e. The number of fused-ring (bicyclic) bond motifs is 4. The van der Waals surface area contributed by atoms with Crippen LogP contribution in [0.15, 0.2) is 121 Å². The van der Waals surface area contributed by atoms with E-state index in [1.54, 1.807) is 44.5 Å². The molecule has 4 aromatic carbocycles. The van der Waals surface area contributed by atoms with Crippen LogP contribution in [-0.2, 0) is 41.8 Å². The van der Waals surface area contributed by atoms with Crippen LogP contribution in [-0.4, -0.2) is 11.8 Å². The maximum atomic E-state index is 2.71. The zero-order valence-electron chi connectivity index (χ0n) is 33.9. The van der Waals surface area contributed by atoms with Crippen molar-refractivity contribution < 1.29 is 66.6 Å². The topological polar surface area (TPSA) is 0 Å². The van der Waals surface area contributed by atoms with Gasteiger partial charge in [0, 0.05) is 0 Å². The molecular weight excluding hydrogens is 886 g/mol. The largest absolute Gasteiger partial charge is 1.00 e. The van der Waals surface area contributed by atoms with E-state index in [0.717, 1.165) is 14.5 Å². The maximum Gasteiger partial charge on any atom is -1.00 e. The summed E-state index contributed by atoms with van der Waals surface area (Å²) in [4.78, 5) is 0. The second-order valence-electron chi connectivity index (χ2n) is 16.8. The molecular formula is C48H58Cl2Si2Zr2. The van der Waals surface area contributed by atoms with Crippen molar-refractivity contribution in [3.63, 3.8) is 0 Å². The molecule has 0 aromatic heterocycles. The molecule has 0 radical (unpaired) electrons. The molecule has 0 saturated carbocycles. The van der Waals surface area contributed by atoms with Gasteiger partial charge in [0.2, 0.25) is 0 Å². The minimum Gasteiger partial charge on any atom is -1.00 e. The van der Waals surface area contributed by atoms with E-state index in [-0.39, 0.29) is 24.8 Å². The van der Waals surface area contributed by atoms with Gasteiger partial charge in [-0.25, -0.2) is 0 Å². The van der Waals surface area contributed by atoms with Crippen LogP contribution in [0.3, 0.4) is 0 Å². The van der Waals surface area contributed by atoms with Crippen molar-refractivity contribution in [2.24, 2.45) is 11.8 Å². The zero-order chi connectivity index (χ0) is 36.8. The summed E-state index contributed by atoms with van der Waals surface area (Å²) in [5.41, 5.74) is 19.0. The van der Waals surface area contributed by atoms with Gasteiger partial charge in [-0.15, -0.1) is 0 Å². The van der Waals surface area contributed by atoms with Crippen LogP contribution < -0.4 is 24.8 Å². The zero-order valence-corrected chi connectivity index (χ0v) is 42.7. The molecule has 4 aliphatic rings.